The molecule has 2 amide bonds. The number of amides is 2. The van der Waals surface area contributed by atoms with E-state index in [2.05, 4.69) is 15.7 Å². The normalized spacial score (nSPS) is 11.8. The largest absolute Gasteiger partial charge is 0.323 e. The molecule has 0 saturated heterocycles. The number of halogens is 1. The van der Waals surface area contributed by atoms with Gasteiger partial charge in [0.25, 0.3) is 5.56 Å². The first kappa shape index (κ1) is 23.2. The van der Waals surface area contributed by atoms with E-state index < -0.39 is 17.5 Å². The van der Waals surface area contributed by atoms with E-state index >= 15 is 0 Å². The Bertz CT molecular complexity index is 1200. The van der Waals surface area contributed by atoms with E-state index in [1.807, 2.05) is 31.2 Å². The maximum absolute atomic E-state index is 13.1. The first-order valence-electron chi connectivity index (χ1n) is 10.2. The number of nitrogens with zero attached hydrogens (tertiary/aromatic N) is 2. The summed E-state index contributed by atoms with van der Waals surface area (Å²) in [5.41, 5.74) is 2.21. The van der Waals surface area contributed by atoms with Crippen LogP contribution in [0.4, 0.5) is 11.4 Å². The lowest BCUT2D eigenvalue weighted by molar-refractivity contribution is -0.119. The fraction of sp³-hybridized carbons (Fsp3) is 0.250. The van der Waals surface area contributed by atoms with Gasteiger partial charge in [-0.05, 0) is 32.0 Å². The molecular weight excluding hydrogens is 428 g/mol. The molecule has 8 heteroatoms. The highest BCUT2D eigenvalue weighted by atomic mass is 35.5. The second-order valence-corrected chi connectivity index (χ2v) is 8.26. The van der Waals surface area contributed by atoms with Crippen molar-refractivity contribution in [3.05, 3.63) is 75.5 Å². The number of carbonyl (C=O) groups is 2. The minimum absolute atomic E-state index is 0.0617. The molecule has 1 heterocycles. The van der Waals surface area contributed by atoms with Crippen molar-refractivity contribution in [3.8, 4) is 11.3 Å². The topological polar surface area (TPSA) is 93.1 Å². The molecule has 32 heavy (non-hydrogen) atoms. The van der Waals surface area contributed by atoms with E-state index in [4.69, 9.17) is 11.6 Å². The average Bonchev–Trinajstić information content (AvgIpc) is 2.76. The highest BCUT2D eigenvalue weighted by Gasteiger charge is 2.22. The van der Waals surface area contributed by atoms with Gasteiger partial charge in [-0.2, -0.15) is 5.10 Å². The molecule has 0 saturated carbocycles. The Labute approximate surface area is 191 Å². The number of aromatic nitrogens is 2. The zero-order valence-electron chi connectivity index (χ0n) is 18.3. The minimum atomic E-state index is -0.959. The smallest absolute Gasteiger partial charge is 0.291 e. The number of rotatable bonds is 6. The van der Waals surface area contributed by atoms with Gasteiger partial charge in [0.05, 0.1) is 16.4 Å². The third kappa shape index (κ3) is 5.23. The Morgan fingerprint density at radius 2 is 1.56 bits per heavy atom. The van der Waals surface area contributed by atoms with Crippen LogP contribution in [0.3, 0.4) is 0 Å². The number of hydrogen-bond acceptors (Lipinski definition) is 4. The van der Waals surface area contributed by atoms with Crippen LogP contribution in [0.25, 0.3) is 11.3 Å². The summed E-state index contributed by atoms with van der Waals surface area (Å²) in [6.45, 7) is 6.99. The van der Waals surface area contributed by atoms with Gasteiger partial charge in [0.15, 0.2) is 0 Å². The fourth-order valence-corrected chi connectivity index (χ4v) is 3.10. The standard InChI is InChI=1S/C24H25ClN4O3/c1-14(2)22(30)27-21-13-20(17-11-9-15(3)10-12-17)28-29(24(21)32)16(4)23(31)26-19-8-6-5-7-18(19)25/h5-14,16H,1-4H3,(H,26,31)(H,27,30)/t16-/m0/s1. The summed E-state index contributed by atoms with van der Waals surface area (Å²) < 4.78 is 1.08. The Morgan fingerprint density at radius 3 is 2.19 bits per heavy atom. The van der Waals surface area contributed by atoms with Crippen LogP contribution < -0.4 is 16.2 Å². The molecule has 3 rings (SSSR count). The first-order chi connectivity index (χ1) is 15.2. The third-order valence-corrected chi connectivity index (χ3v) is 5.27. The van der Waals surface area contributed by atoms with Gasteiger partial charge in [0, 0.05) is 11.5 Å². The molecule has 0 aliphatic carbocycles. The van der Waals surface area contributed by atoms with E-state index in [0.717, 1.165) is 15.8 Å². The molecule has 1 aromatic heterocycles. The summed E-state index contributed by atoms with van der Waals surface area (Å²) >= 11 is 6.13. The number of anilines is 2. The molecule has 0 radical (unpaired) electrons. The van der Waals surface area contributed by atoms with Gasteiger partial charge in [-0.1, -0.05) is 67.4 Å². The van der Waals surface area contributed by atoms with E-state index in [1.54, 1.807) is 45.0 Å². The Hall–Kier alpha value is -3.45. The molecule has 0 aliphatic heterocycles. The lowest BCUT2D eigenvalue weighted by Gasteiger charge is -2.18. The van der Waals surface area contributed by atoms with Crippen LogP contribution in [0.1, 0.15) is 32.4 Å². The van der Waals surface area contributed by atoms with Crippen LogP contribution in [0.15, 0.2) is 59.4 Å². The highest BCUT2D eigenvalue weighted by molar-refractivity contribution is 6.33. The summed E-state index contributed by atoms with van der Waals surface area (Å²) in [6.07, 6.45) is 0. The van der Waals surface area contributed by atoms with Crippen molar-refractivity contribution in [1.29, 1.82) is 0 Å². The SMILES string of the molecule is Cc1ccc(-c2cc(NC(=O)C(C)C)c(=O)n([C@@H](C)C(=O)Nc3ccccc3Cl)n2)cc1. The Morgan fingerprint density at radius 1 is 0.938 bits per heavy atom. The second-order valence-electron chi connectivity index (χ2n) is 7.85. The zero-order chi connectivity index (χ0) is 23.4. The summed E-state index contributed by atoms with van der Waals surface area (Å²) in [5, 5.41) is 10.2. The molecule has 2 aromatic carbocycles. The van der Waals surface area contributed by atoms with Crippen LogP contribution in [-0.2, 0) is 9.59 Å². The Kier molecular flexibility index (Phi) is 7.10. The van der Waals surface area contributed by atoms with Crippen LogP contribution in [-0.4, -0.2) is 21.6 Å². The van der Waals surface area contributed by atoms with E-state index in [0.29, 0.717) is 16.4 Å². The van der Waals surface area contributed by atoms with Gasteiger partial charge >= 0.3 is 0 Å². The quantitative estimate of drug-likeness (QED) is 0.568. The molecule has 166 valence electrons. The van der Waals surface area contributed by atoms with Gasteiger partial charge in [-0.25, -0.2) is 4.68 Å². The minimum Gasteiger partial charge on any atom is -0.323 e. The number of benzene rings is 2. The lowest BCUT2D eigenvalue weighted by atomic mass is 10.1. The maximum Gasteiger partial charge on any atom is 0.291 e. The van der Waals surface area contributed by atoms with Crippen molar-refractivity contribution < 1.29 is 9.59 Å². The zero-order valence-corrected chi connectivity index (χ0v) is 19.1. The molecule has 0 aliphatic rings. The molecule has 0 fully saturated rings. The van der Waals surface area contributed by atoms with Gasteiger partial charge in [-0.15, -0.1) is 0 Å². The predicted molar refractivity (Wildman–Crippen MR) is 127 cm³/mol. The van der Waals surface area contributed by atoms with Gasteiger partial charge in [0.2, 0.25) is 11.8 Å². The molecule has 2 N–H and O–H groups in total. The van der Waals surface area contributed by atoms with Crippen molar-refractivity contribution in [3.63, 3.8) is 0 Å². The first-order valence-corrected chi connectivity index (χ1v) is 10.6. The summed E-state index contributed by atoms with van der Waals surface area (Å²) in [6, 6.07) is 15.0. The second kappa shape index (κ2) is 9.78. The summed E-state index contributed by atoms with van der Waals surface area (Å²) in [7, 11) is 0. The number of carbonyl (C=O) groups excluding carboxylic acids is 2. The number of hydrogen-bond donors (Lipinski definition) is 2. The van der Waals surface area contributed by atoms with Gasteiger partial charge in [-0.3, -0.25) is 14.4 Å². The predicted octanol–water partition coefficient (Wildman–Crippen LogP) is 4.67. The van der Waals surface area contributed by atoms with Crippen LogP contribution in [0.5, 0.6) is 0 Å². The number of para-hydroxylation sites is 1. The summed E-state index contributed by atoms with van der Waals surface area (Å²) in [5.74, 6) is -1.09. The van der Waals surface area contributed by atoms with Gasteiger partial charge in [0.1, 0.15) is 11.7 Å². The fourth-order valence-electron chi connectivity index (χ4n) is 2.92. The van der Waals surface area contributed by atoms with E-state index in [1.165, 1.54) is 6.07 Å². The van der Waals surface area contributed by atoms with Crippen molar-refractivity contribution in [2.24, 2.45) is 5.92 Å². The highest BCUT2D eigenvalue weighted by Crippen LogP contribution is 2.23. The van der Waals surface area contributed by atoms with Crippen molar-refractivity contribution in [1.82, 2.24) is 9.78 Å². The van der Waals surface area contributed by atoms with Crippen LogP contribution in [0.2, 0.25) is 5.02 Å². The third-order valence-electron chi connectivity index (χ3n) is 4.94. The van der Waals surface area contributed by atoms with Crippen molar-refractivity contribution in [2.75, 3.05) is 10.6 Å². The molecule has 7 nitrogen and oxygen atoms in total. The summed E-state index contributed by atoms with van der Waals surface area (Å²) in [4.78, 5) is 38.3. The number of aryl methyl sites for hydroxylation is 1. The monoisotopic (exact) mass is 452 g/mol. The molecule has 0 unspecified atom stereocenters. The average molecular weight is 453 g/mol. The van der Waals surface area contributed by atoms with Crippen molar-refractivity contribution in [2.45, 2.75) is 33.7 Å². The molecule has 0 spiro atoms. The maximum atomic E-state index is 13.1. The van der Waals surface area contributed by atoms with E-state index in [9.17, 15) is 14.4 Å². The van der Waals surface area contributed by atoms with Gasteiger partial charge < -0.3 is 10.6 Å². The van der Waals surface area contributed by atoms with E-state index in [-0.39, 0.29) is 17.5 Å². The van der Waals surface area contributed by atoms with Crippen LogP contribution in [0, 0.1) is 12.8 Å². The molecule has 3 aromatic rings. The lowest BCUT2D eigenvalue weighted by Crippen LogP contribution is -2.36. The molecule has 1 atom stereocenters. The Balaban J connectivity index is 2.04. The van der Waals surface area contributed by atoms with Crippen molar-refractivity contribution >= 4 is 34.8 Å². The van der Waals surface area contributed by atoms with Crippen LogP contribution >= 0.6 is 11.6 Å². The number of nitrogens with one attached hydrogen (secondary N) is 2. The molecule has 0 bridgehead atoms. The molecular formula is C24H25ClN4O3.